The number of amides is 1. The fraction of sp³-hybridized carbons (Fsp3) is 0.455. The third kappa shape index (κ3) is 1.99. The van der Waals surface area contributed by atoms with E-state index in [1.54, 1.807) is 23.1 Å². The molecule has 1 saturated carbocycles. The van der Waals surface area contributed by atoms with Crippen LogP contribution >= 0.6 is 0 Å². The van der Waals surface area contributed by atoms with Gasteiger partial charge in [0.15, 0.2) is 0 Å². The molecule has 1 amide bonds. The number of hydrazine groups is 1. The van der Waals surface area contributed by atoms with E-state index in [0.29, 0.717) is 17.6 Å². The molecule has 3 N–H and O–H groups in total. The van der Waals surface area contributed by atoms with Crippen molar-refractivity contribution >= 4 is 11.7 Å². The van der Waals surface area contributed by atoms with Crippen molar-refractivity contribution in [2.45, 2.75) is 25.3 Å². The molecule has 1 heterocycles. The van der Waals surface area contributed by atoms with Gasteiger partial charge in [-0.3, -0.25) is 4.79 Å². The van der Waals surface area contributed by atoms with E-state index in [1.165, 1.54) is 6.42 Å². The van der Waals surface area contributed by atoms with Crippen molar-refractivity contribution in [2.75, 3.05) is 12.5 Å². The molecule has 0 atom stereocenters. The van der Waals surface area contributed by atoms with Crippen molar-refractivity contribution in [1.82, 2.24) is 9.88 Å². The molecule has 1 aromatic rings. The van der Waals surface area contributed by atoms with Gasteiger partial charge in [-0.25, -0.2) is 10.8 Å². The normalized spacial score (nSPS) is 15.4. The molecular weight excluding hydrogens is 204 g/mol. The lowest BCUT2D eigenvalue weighted by atomic mass is 9.92. The van der Waals surface area contributed by atoms with E-state index in [-0.39, 0.29) is 5.91 Å². The number of rotatable bonds is 3. The van der Waals surface area contributed by atoms with Crippen LogP contribution in [0.5, 0.6) is 0 Å². The average molecular weight is 220 g/mol. The number of hydrogen-bond donors (Lipinski definition) is 2. The highest BCUT2D eigenvalue weighted by atomic mass is 16.2. The first kappa shape index (κ1) is 10.9. The fourth-order valence-electron chi connectivity index (χ4n) is 1.75. The number of carbonyl (C=O) groups excluding carboxylic acids is 1. The van der Waals surface area contributed by atoms with Crippen molar-refractivity contribution in [1.29, 1.82) is 0 Å². The molecule has 0 unspecified atom stereocenters. The maximum Gasteiger partial charge on any atom is 0.272 e. The second kappa shape index (κ2) is 4.49. The Labute approximate surface area is 94.6 Å². The number of hydrogen-bond acceptors (Lipinski definition) is 4. The Morgan fingerprint density at radius 1 is 1.56 bits per heavy atom. The molecule has 16 heavy (non-hydrogen) atoms. The van der Waals surface area contributed by atoms with Gasteiger partial charge in [0.1, 0.15) is 11.5 Å². The Bertz CT molecular complexity index is 389. The second-order valence-electron chi connectivity index (χ2n) is 4.05. The number of nitrogens with two attached hydrogens (primary N) is 1. The molecular formula is C11H16N4O. The fourth-order valence-corrected chi connectivity index (χ4v) is 1.75. The molecule has 1 fully saturated rings. The Hall–Kier alpha value is -1.62. The number of nitrogens with zero attached hydrogens (tertiary/aromatic N) is 2. The molecule has 0 radical (unpaired) electrons. The number of nitrogens with one attached hydrogen (secondary N) is 1. The molecule has 0 aliphatic heterocycles. The van der Waals surface area contributed by atoms with Crippen molar-refractivity contribution in [2.24, 2.45) is 5.84 Å². The summed E-state index contributed by atoms with van der Waals surface area (Å²) in [6, 6.07) is 5.58. The molecule has 1 aromatic heterocycles. The second-order valence-corrected chi connectivity index (χ2v) is 4.05. The summed E-state index contributed by atoms with van der Waals surface area (Å²) < 4.78 is 0. The lowest BCUT2D eigenvalue weighted by Gasteiger charge is -2.34. The zero-order valence-electron chi connectivity index (χ0n) is 9.31. The van der Waals surface area contributed by atoms with E-state index in [0.717, 1.165) is 12.8 Å². The number of nitrogen functional groups attached to an aromatic ring is 1. The van der Waals surface area contributed by atoms with Gasteiger partial charge in [0, 0.05) is 13.1 Å². The lowest BCUT2D eigenvalue weighted by Crippen LogP contribution is -2.41. The van der Waals surface area contributed by atoms with Crippen LogP contribution in [0.1, 0.15) is 29.8 Å². The summed E-state index contributed by atoms with van der Waals surface area (Å²) in [6.07, 6.45) is 3.40. The lowest BCUT2D eigenvalue weighted by molar-refractivity contribution is 0.0646. The topological polar surface area (TPSA) is 71.2 Å². The van der Waals surface area contributed by atoms with Crippen LogP contribution in [0.25, 0.3) is 0 Å². The molecule has 0 aromatic carbocycles. The van der Waals surface area contributed by atoms with Crippen LogP contribution in [-0.4, -0.2) is 28.9 Å². The standard InChI is InChI=1S/C11H16N4O/c1-15(8-4-2-5-8)11(16)9-6-3-7-10(13-9)14-12/h3,6-8H,2,4-5,12H2,1H3,(H,13,14). The van der Waals surface area contributed by atoms with Crippen molar-refractivity contribution in [3.05, 3.63) is 23.9 Å². The summed E-state index contributed by atoms with van der Waals surface area (Å²) in [4.78, 5) is 17.9. The highest BCUT2D eigenvalue weighted by molar-refractivity contribution is 5.92. The summed E-state index contributed by atoms with van der Waals surface area (Å²) >= 11 is 0. The minimum atomic E-state index is -0.0400. The van der Waals surface area contributed by atoms with E-state index in [1.807, 2.05) is 7.05 Å². The summed E-state index contributed by atoms with van der Waals surface area (Å²) in [5, 5.41) is 0. The number of aromatic nitrogens is 1. The van der Waals surface area contributed by atoms with E-state index in [4.69, 9.17) is 5.84 Å². The first-order valence-corrected chi connectivity index (χ1v) is 5.43. The Balaban J connectivity index is 2.12. The minimum absolute atomic E-state index is 0.0400. The monoisotopic (exact) mass is 220 g/mol. The SMILES string of the molecule is CN(C(=O)c1cccc(NN)n1)C1CCC1. The van der Waals surface area contributed by atoms with Gasteiger partial charge < -0.3 is 10.3 Å². The van der Waals surface area contributed by atoms with Gasteiger partial charge >= 0.3 is 0 Å². The van der Waals surface area contributed by atoms with Crippen molar-refractivity contribution < 1.29 is 4.79 Å². The zero-order valence-corrected chi connectivity index (χ0v) is 9.31. The number of anilines is 1. The third-order valence-electron chi connectivity index (χ3n) is 3.06. The third-order valence-corrected chi connectivity index (χ3v) is 3.06. The van der Waals surface area contributed by atoms with Gasteiger partial charge in [-0.1, -0.05) is 6.07 Å². The maximum atomic E-state index is 12.0. The predicted octanol–water partition coefficient (Wildman–Crippen LogP) is 0.992. The number of pyridine rings is 1. The van der Waals surface area contributed by atoms with Gasteiger partial charge in [-0.2, -0.15) is 0 Å². The molecule has 2 rings (SSSR count). The van der Waals surface area contributed by atoms with E-state index in [9.17, 15) is 4.79 Å². The van der Waals surface area contributed by atoms with Crippen LogP contribution in [0.4, 0.5) is 5.82 Å². The first-order chi connectivity index (χ1) is 7.72. The highest BCUT2D eigenvalue weighted by Gasteiger charge is 2.26. The summed E-state index contributed by atoms with van der Waals surface area (Å²) in [5.41, 5.74) is 2.87. The first-order valence-electron chi connectivity index (χ1n) is 5.43. The molecule has 1 aliphatic carbocycles. The Morgan fingerprint density at radius 3 is 2.88 bits per heavy atom. The Morgan fingerprint density at radius 2 is 2.31 bits per heavy atom. The van der Waals surface area contributed by atoms with E-state index in [2.05, 4.69) is 10.4 Å². The molecule has 0 saturated heterocycles. The van der Waals surface area contributed by atoms with Crippen LogP contribution in [0.2, 0.25) is 0 Å². The highest BCUT2D eigenvalue weighted by Crippen LogP contribution is 2.24. The zero-order chi connectivity index (χ0) is 11.5. The van der Waals surface area contributed by atoms with Crippen LogP contribution in [-0.2, 0) is 0 Å². The molecule has 5 heteroatoms. The van der Waals surface area contributed by atoms with Gasteiger partial charge in [-0.05, 0) is 31.4 Å². The van der Waals surface area contributed by atoms with Crippen molar-refractivity contribution in [3.63, 3.8) is 0 Å². The van der Waals surface area contributed by atoms with E-state index >= 15 is 0 Å². The summed E-state index contributed by atoms with van der Waals surface area (Å²) in [5.74, 6) is 5.72. The van der Waals surface area contributed by atoms with Crippen LogP contribution < -0.4 is 11.3 Å². The quantitative estimate of drug-likeness (QED) is 0.588. The van der Waals surface area contributed by atoms with Gasteiger partial charge in [-0.15, -0.1) is 0 Å². The van der Waals surface area contributed by atoms with Gasteiger partial charge in [0.05, 0.1) is 0 Å². The molecule has 86 valence electrons. The summed E-state index contributed by atoms with van der Waals surface area (Å²) in [7, 11) is 1.83. The van der Waals surface area contributed by atoms with Crippen LogP contribution in [0.15, 0.2) is 18.2 Å². The number of carbonyl (C=O) groups is 1. The maximum absolute atomic E-state index is 12.0. The summed E-state index contributed by atoms with van der Waals surface area (Å²) in [6.45, 7) is 0. The van der Waals surface area contributed by atoms with Crippen molar-refractivity contribution in [3.8, 4) is 0 Å². The minimum Gasteiger partial charge on any atom is -0.337 e. The van der Waals surface area contributed by atoms with E-state index < -0.39 is 0 Å². The molecule has 5 nitrogen and oxygen atoms in total. The van der Waals surface area contributed by atoms with Gasteiger partial charge in [0.25, 0.3) is 5.91 Å². The van der Waals surface area contributed by atoms with Crippen LogP contribution in [0, 0.1) is 0 Å². The molecule has 0 bridgehead atoms. The molecule has 0 spiro atoms. The predicted molar refractivity (Wildman–Crippen MR) is 61.8 cm³/mol. The van der Waals surface area contributed by atoms with Gasteiger partial charge in [0.2, 0.25) is 0 Å². The van der Waals surface area contributed by atoms with Crippen LogP contribution in [0.3, 0.4) is 0 Å². The smallest absolute Gasteiger partial charge is 0.272 e. The average Bonchev–Trinajstić information content (AvgIpc) is 2.25. The largest absolute Gasteiger partial charge is 0.337 e. The molecule has 1 aliphatic rings. The Kier molecular flexibility index (Phi) is 3.05.